The summed E-state index contributed by atoms with van der Waals surface area (Å²) in [5.41, 5.74) is 1.89. The van der Waals surface area contributed by atoms with Gasteiger partial charge in [-0.3, -0.25) is 19.6 Å². The number of hydrogen-bond donors (Lipinski definition) is 1. The molecule has 180 valence electrons. The van der Waals surface area contributed by atoms with Crippen molar-refractivity contribution in [1.82, 2.24) is 4.90 Å². The third-order valence-corrected chi connectivity index (χ3v) is 6.49. The zero-order chi connectivity index (χ0) is 25.6. The molecular formula is C25H23N3O6S. The lowest BCUT2D eigenvalue weighted by Gasteiger charge is -2.21. The van der Waals surface area contributed by atoms with Crippen LogP contribution in [0.4, 0.5) is 11.4 Å². The summed E-state index contributed by atoms with van der Waals surface area (Å²) in [4.78, 5) is 24.8. The van der Waals surface area contributed by atoms with Crippen LogP contribution in [0.1, 0.15) is 21.5 Å². The Bertz CT molecular complexity index is 1380. The highest BCUT2D eigenvalue weighted by Crippen LogP contribution is 2.31. The zero-order valence-electron chi connectivity index (χ0n) is 19.1. The highest BCUT2D eigenvalue weighted by atomic mass is 32.2. The molecule has 0 spiro atoms. The summed E-state index contributed by atoms with van der Waals surface area (Å²) in [6.45, 7) is 2.35. The van der Waals surface area contributed by atoms with E-state index in [2.05, 4.69) is 10.6 Å². The van der Waals surface area contributed by atoms with Gasteiger partial charge in [0.15, 0.2) is 0 Å². The van der Waals surface area contributed by atoms with Crippen molar-refractivity contribution in [3.63, 3.8) is 0 Å². The Morgan fingerprint density at radius 3 is 2.34 bits per heavy atom. The second-order valence-corrected chi connectivity index (χ2v) is 9.30. The number of carbonyl (C=O) groups is 1. The Labute approximate surface area is 203 Å². The van der Waals surface area contributed by atoms with Crippen LogP contribution in [-0.4, -0.2) is 37.8 Å². The van der Waals surface area contributed by atoms with E-state index in [9.17, 15) is 23.3 Å². The Morgan fingerprint density at radius 2 is 1.77 bits per heavy atom. The predicted octanol–water partition coefficient (Wildman–Crippen LogP) is 3.99. The first-order valence-corrected chi connectivity index (χ1v) is 11.9. The fraction of sp³-hybridized carbons (Fsp3) is 0.160. The maximum absolute atomic E-state index is 13.0. The van der Waals surface area contributed by atoms with E-state index >= 15 is 0 Å². The molecule has 35 heavy (non-hydrogen) atoms. The molecule has 0 radical (unpaired) electrons. The van der Waals surface area contributed by atoms with Crippen LogP contribution in [0.25, 0.3) is 0 Å². The average molecular weight is 494 g/mol. The Hall–Kier alpha value is -4.36. The van der Waals surface area contributed by atoms with Crippen LogP contribution in [0.3, 0.4) is 0 Å². The first-order valence-electron chi connectivity index (χ1n) is 10.4. The molecule has 3 rings (SSSR count). The van der Waals surface area contributed by atoms with Crippen LogP contribution in [0.15, 0.2) is 71.6 Å². The van der Waals surface area contributed by atoms with Crippen LogP contribution in [0.2, 0.25) is 0 Å². The van der Waals surface area contributed by atoms with Gasteiger partial charge in [0.1, 0.15) is 5.75 Å². The van der Waals surface area contributed by atoms with E-state index in [1.165, 1.54) is 48.4 Å². The molecule has 9 nitrogen and oxygen atoms in total. The molecular weight excluding hydrogens is 470 g/mol. The lowest BCUT2D eigenvalue weighted by Crippen LogP contribution is -2.31. The van der Waals surface area contributed by atoms with Gasteiger partial charge in [0, 0.05) is 24.2 Å². The number of anilines is 1. The number of terminal acetylenes is 1. The third kappa shape index (κ3) is 6.16. The number of ether oxygens (including phenoxy) is 1. The summed E-state index contributed by atoms with van der Waals surface area (Å²) in [7, 11) is -2.81. The summed E-state index contributed by atoms with van der Waals surface area (Å²) < 4.78 is 33.2. The van der Waals surface area contributed by atoms with Crippen LogP contribution in [0, 0.1) is 29.4 Å². The number of non-ortho nitro benzene ring substituents is 1. The van der Waals surface area contributed by atoms with E-state index in [1.54, 1.807) is 0 Å². The van der Waals surface area contributed by atoms with Gasteiger partial charge >= 0.3 is 0 Å². The van der Waals surface area contributed by atoms with Gasteiger partial charge < -0.3 is 9.64 Å². The Morgan fingerprint density at radius 1 is 1.11 bits per heavy atom. The van der Waals surface area contributed by atoms with Crippen molar-refractivity contribution in [2.45, 2.75) is 18.4 Å². The van der Waals surface area contributed by atoms with Crippen molar-refractivity contribution < 1.29 is 22.9 Å². The van der Waals surface area contributed by atoms with E-state index in [0.29, 0.717) is 6.54 Å². The third-order valence-electron chi connectivity index (χ3n) is 5.11. The fourth-order valence-corrected chi connectivity index (χ4v) is 4.34. The smallest absolute Gasteiger partial charge is 0.271 e. The van der Waals surface area contributed by atoms with E-state index in [4.69, 9.17) is 11.2 Å². The maximum atomic E-state index is 13.0. The molecule has 0 bridgehead atoms. The molecule has 0 unspecified atom stereocenters. The number of nitro benzene ring substituents is 1. The van der Waals surface area contributed by atoms with Crippen molar-refractivity contribution in [2.24, 2.45) is 0 Å². The first-order chi connectivity index (χ1) is 16.6. The summed E-state index contributed by atoms with van der Waals surface area (Å²) in [5.74, 6) is 2.25. The molecule has 10 heteroatoms. The van der Waals surface area contributed by atoms with Gasteiger partial charge in [-0.25, -0.2) is 8.42 Å². The number of hydrogen-bond acceptors (Lipinski definition) is 6. The first kappa shape index (κ1) is 25.3. The number of carbonyl (C=O) groups excluding carboxylic acids is 1. The lowest BCUT2D eigenvalue weighted by molar-refractivity contribution is -0.384. The molecule has 0 saturated carbocycles. The molecule has 0 aliphatic carbocycles. The topological polar surface area (TPSA) is 119 Å². The molecule has 1 N–H and O–H groups in total. The number of nitrogens with zero attached hydrogens (tertiary/aromatic N) is 2. The quantitative estimate of drug-likeness (QED) is 0.274. The maximum Gasteiger partial charge on any atom is 0.271 e. The van der Waals surface area contributed by atoms with Gasteiger partial charge in [0.2, 0.25) is 0 Å². The minimum Gasteiger partial charge on any atom is -0.495 e. The fourth-order valence-electron chi connectivity index (χ4n) is 3.28. The molecule has 3 aromatic carbocycles. The number of nitro groups is 1. The van der Waals surface area contributed by atoms with Crippen molar-refractivity contribution in [3.05, 3.63) is 93.5 Å². The van der Waals surface area contributed by atoms with Gasteiger partial charge in [-0.1, -0.05) is 35.7 Å². The van der Waals surface area contributed by atoms with Crippen molar-refractivity contribution in [3.8, 4) is 18.1 Å². The van der Waals surface area contributed by atoms with Crippen molar-refractivity contribution >= 4 is 27.3 Å². The average Bonchev–Trinajstić information content (AvgIpc) is 2.84. The largest absolute Gasteiger partial charge is 0.495 e. The second kappa shape index (κ2) is 10.7. The number of aryl methyl sites for hydroxylation is 1. The molecule has 0 saturated heterocycles. The number of benzene rings is 3. The van der Waals surface area contributed by atoms with E-state index in [-0.39, 0.29) is 40.0 Å². The Balaban J connectivity index is 1.82. The van der Waals surface area contributed by atoms with Gasteiger partial charge in [-0.15, -0.1) is 6.42 Å². The van der Waals surface area contributed by atoms with Crippen LogP contribution >= 0.6 is 0 Å². The lowest BCUT2D eigenvalue weighted by atomic mass is 10.1. The van der Waals surface area contributed by atoms with Crippen molar-refractivity contribution in [2.75, 3.05) is 18.4 Å². The number of amides is 1. The number of rotatable bonds is 9. The summed E-state index contributed by atoms with van der Waals surface area (Å²) >= 11 is 0. The van der Waals surface area contributed by atoms with Crippen LogP contribution in [-0.2, 0) is 16.6 Å². The SMILES string of the molecule is C#CCN(Cc1ccc(C)cc1)C(=O)c1ccc(S(=O)(=O)Nc2cc([N+](=O)[O-])ccc2OC)cc1. The van der Waals surface area contributed by atoms with Gasteiger partial charge in [0.25, 0.3) is 21.6 Å². The van der Waals surface area contributed by atoms with Crippen LogP contribution in [0.5, 0.6) is 5.75 Å². The molecule has 0 aliphatic rings. The number of methoxy groups -OCH3 is 1. The highest BCUT2D eigenvalue weighted by Gasteiger charge is 2.21. The molecule has 0 fully saturated rings. The standard InChI is InChI=1S/C25H23N3O6S/c1-4-15-27(17-19-7-5-18(2)6-8-19)25(29)20-9-12-22(13-10-20)35(32,33)26-23-16-21(28(30)31)11-14-24(23)34-3/h1,5-14,16,26H,15,17H2,2-3H3. The zero-order valence-corrected chi connectivity index (χ0v) is 19.9. The minimum absolute atomic E-state index is 0.0832. The van der Waals surface area contributed by atoms with Gasteiger partial charge in [-0.2, -0.15) is 0 Å². The normalized spacial score (nSPS) is 10.8. The van der Waals surface area contributed by atoms with E-state index in [1.807, 2.05) is 31.2 Å². The van der Waals surface area contributed by atoms with E-state index in [0.717, 1.165) is 17.2 Å². The van der Waals surface area contributed by atoms with Crippen molar-refractivity contribution in [1.29, 1.82) is 0 Å². The minimum atomic E-state index is -4.12. The molecule has 0 aliphatic heterocycles. The molecule has 1 amide bonds. The van der Waals surface area contributed by atoms with E-state index < -0.39 is 14.9 Å². The van der Waals surface area contributed by atoms with Gasteiger partial charge in [-0.05, 0) is 42.8 Å². The highest BCUT2D eigenvalue weighted by molar-refractivity contribution is 7.92. The molecule has 0 atom stereocenters. The molecule has 0 heterocycles. The number of nitrogens with one attached hydrogen (secondary N) is 1. The summed E-state index contributed by atoms with van der Waals surface area (Å²) in [5, 5.41) is 11.1. The monoisotopic (exact) mass is 493 g/mol. The summed E-state index contributed by atoms with van der Waals surface area (Å²) in [6, 6.07) is 16.6. The predicted molar refractivity (Wildman–Crippen MR) is 132 cm³/mol. The van der Waals surface area contributed by atoms with Crippen LogP contribution < -0.4 is 9.46 Å². The number of sulfonamides is 1. The molecule has 0 aromatic heterocycles. The summed E-state index contributed by atoms with van der Waals surface area (Å²) in [6.07, 6.45) is 5.45. The Kier molecular flexibility index (Phi) is 7.73. The van der Waals surface area contributed by atoms with Gasteiger partial charge in [0.05, 0.1) is 29.2 Å². The second-order valence-electron chi connectivity index (χ2n) is 7.62. The molecule has 3 aromatic rings.